The molecule has 0 fully saturated rings. The van der Waals surface area contributed by atoms with Crippen molar-refractivity contribution in [2.75, 3.05) is 11.9 Å². The van der Waals surface area contributed by atoms with E-state index in [-0.39, 0.29) is 28.6 Å². The third kappa shape index (κ3) is 5.80. The maximum atomic E-state index is 15.4. The number of carbonyl (C=O) groups is 1. The van der Waals surface area contributed by atoms with E-state index in [9.17, 15) is 23.1 Å². The lowest BCUT2D eigenvalue weighted by Crippen LogP contribution is -2.12. The molecule has 0 saturated carbocycles. The lowest BCUT2D eigenvalue weighted by Gasteiger charge is -2.15. The van der Waals surface area contributed by atoms with Gasteiger partial charge >= 0.3 is 12.6 Å². The van der Waals surface area contributed by atoms with Crippen LogP contribution in [0.5, 0.6) is 11.5 Å². The van der Waals surface area contributed by atoms with Crippen molar-refractivity contribution in [3.8, 4) is 22.6 Å². The molecule has 3 rings (SSSR count). The fourth-order valence-electron chi connectivity index (χ4n) is 3.12. The van der Waals surface area contributed by atoms with E-state index in [1.807, 2.05) is 0 Å². The largest absolute Gasteiger partial charge is 0.507 e. The van der Waals surface area contributed by atoms with Crippen molar-refractivity contribution in [1.82, 2.24) is 0 Å². The van der Waals surface area contributed by atoms with Gasteiger partial charge in [0.1, 0.15) is 29.7 Å². The summed E-state index contributed by atoms with van der Waals surface area (Å²) in [6.45, 7) is -3.55. The topological polar surface area (TPSA) is 78.8 Å². The van der Waals surface area contributed by atoms with Gasteiger partial charge in [0, 0.05) is 27.7 Å². The Morgan fingerprint density at radius 1 is 1.06 bits per heavy atom. The minimum atomic E-state index is -3.18. The van der Waals surface area contributed by atoms with Gasteiger partial charge in [-0.25, -0.2) is 8.78 Å². The number of ether oxygens (including phenoxy) is 1. The van der Waals surface area contributed by atoms with Crippen LogP contribution < -0.4 is 10.1 Å². The Balaban J connectivity index is 2.00. The number of phenolic OH excluding ortho intramolecular Hbond substituents is 1. The van der Waals surface area contributed by atoms with Gasteiger partial charge in [0.25, 0.3) is 0 Å². The number of rotatable bonds is 8. The van der Waals surface area contributed by atoms with E-state index in [1.54, 1.807) is 0 Å². The number of benzene rings is 3. The van der Waals surface area contributed by atoms with Crippen LogP contribution in [0.25, 0.3) is 11.1 Å². The van der Waals surface area contributed by atoms with E-state index in [1.165, 1.54) is 18.2 Å². The van der Waals surface area contributed by atoms with Gasteiger partial charge in [0.15, 0.2) is 0 Å². The maximum Gasteiger partial charge on any atom is 0.387 e. The predicted molar refractivity (Wildman–Crippen MR) is 115 cm³/mol. The number of hydrogen-bond donors (Lipinski definition) is 3. The molecule has 11 heteroatoms. The smallest absolute Gasteiger partial charge is 0.387 e. The third-order valence-electron chi connectivity index (χ3n) is 4.58. The van der Waals surface area contributed by atoms with Crippen LogP contribution in [0.2, 0.25) is 10.0 Å². The Labute approximate surface area is 195 Å². The lowest BCUT2D eigenvalue weighted by atomic mass is 9.96. The van der Waals surface area contributed by atoms with Gasteiger partial charge < -0.3 is 20.3 Å². The van der Waals surface area contributed by atoms with Crippen molar-refractivity contribution in [3.05, 3.63) is 75.3 Å². The second kappa shape index (κ2) is 10.2. The molecule has 0 saturated heterocycles. The van der Waals surface area contributed by atoms with E-state index in [4.69, 9.17) is 28.3 Å². The molecule has 3 N–H and O–H groups in total. The molecule has 174 valence electrons. The summed E-state index contributed by atoms with van der Waals surface area (Å²) in [7, 11) is 0. The van der Waals surface area contributed by atoms with Crippen molar-refractivity contribution in [3.63, 3.8) is 0 Å². The number of carboxylic acid groups (broad SMARTS) is 1. The SMILES string of the molecule is O=C(O)CNc1cc(Cl)c(Cc2ccc(O)c(-c3cc(OC(F)F)ccc3F)c2F)c(Cl)c1. The molecular formula is C22H15Cl2F4NO4. The Morgan fingerprint density at radius 3 is 2.33 bits per heavy atom. The molecule has 0 radical (unpaired) electrons. The van der Waals surface area contributed by atoms with Crippen LogP contribution in [0.15, 0.2) is 42.5 Å². The molecule has 0 spiro atoms. The van der Waals surface area contributed by atoms with Crippen LogP contribution in [-0.4, -0.2) is 29.3 Å². The molecule has 0 amide bonds. The highest BCUT2D eigenvalue weighted by Crippen LogP contribution is 2.39. The van der Waals surface area contributed by atoms with Gasteiger partial charge in [0.05, 0.1) is 5.56 Å². The number of hydrogen-bond acceptors (Lipinski definition) is 4. The quantitative estimate of drug-likeness (QED) is 0.313. The number of carboxylic acids is 1. The summed E-state index contributed by atoms with van der Waals surface area (Å²) in [5, 5.41) is 21.8. The molecule has 0 atom stereocenters. The molecule has 0 heterocycles. The van der Waals surface area contributed by atoms with Crippen molar-refractivity contribution in [2.24, 2.45) is 0 Å². The summed E-state index contributed by atoms with van der Waals surface area (Å²) in [6.07, 6.45) is -0.162. The Hall–Kier alpha value is -3.17. The Kier molecular flexibility index (Phi) is 7.55. The number of alkyl halides is 2. The number of anilines is 1. The molecule has 0 bridgehead atoms. The zero-order valence-corrected chi connectivity index (χ0v) is 18.0. The molecule has 0 aliphatic carbocycles. The fourth-order valence-corrected chi connectivity index (χ4v) is 3.74. The monoisotopic (exact) mass is 503 g/mol. The Morgan fingerprint density at radius 2 is 1.73 bits per heavy atom. The van der Waals surface area contributed by atoms with Crippen LogP contribution in [-0.2, 0) is 11.2 Å². The van der Waals surface area contributed by atoms with E-state index in [0.717, 1.165) is 24.3 Å². The van der Waals surface area contributed by atoms with Gasteiger partial charge in [-0.1, -0.05) is 29.3 Å². The minimum absolute atomic E-state index is 0.0163. The first-order valence-corrected chi connectivity index (χ1v) is 10.0. The number of aromatic hydroxyl groups is 1. The average Bonchev–Trinajstić information content (AvgIpc) is 2.72. The number of halogens is 6. The van der Waals surface area contributed by atoms with Crippen molar-refractivity contribution < 1.29 is 37.3 Å². The molecular weight excluding hydrogens is 489 g/mol. The first kappa shape index (κ1) is 24.5. The molecule has 0 aliphatic rings. The van der Waals surface area contributed by atoms with Crippen LogP contribution in [0.1, 0.15) is 11.1 Å². The van der Waals surface area contributed by atoms with Crippen molar-refractivity contribution in [2.45, 2.75) is 13.0 Å². The van der Waals surface area contributed by atoms with E-state index in [0.29, 0.717) is 11.3 Å². The summed E-state index contributed by atoms with van der Waals surface area (Å²) < 4.78 is 59.0. The lowest BCUT2D eigenvalue weighted by molar-refractivity contribution is -0.134. The average molecular weight is 504 g/mol. The minimum Gasteiger partial charge on any atom is -0.507 e. The van der Waals surface area contributed by atoms with Crippen molar-refractivity contribution >= 4 is 34.9 Å². The highest BCUT2D eigenvalue weighted by molar-refractivity contribution is 6.36. The molecule has 0 unspecified atom stereocenters. The predicted octanol–water partition coefficient (Wildman–Crippen LogP) is 6.33. The molecule has 3 aromatic rings. The van der Waals surface area contributed by atoms with Crippen LogP contribution in [0.4, 0.5) is 23.2 Å². The van der Waals surface area contributed by atoms with Gasteiger partial charge in [-0.2, -0.15) is 8.78 Å². The summed E-state index contributed by atoms with van der Waals surface area (Å²) in [4.78, 5) is 10.7. The van der Waals surface area contributed by atoms with E-state index in [2.05, 4.69) is 10.1 Å². The third-order valence-corrected chi connectivity index (χ3v) is 5.26. The highest BCUT2D eigenvalue weighted by Gasteiger charge is 2.21. The molecule has 0 aromatic heterocycles. The van der Waals surface area contributed by atoms with E-state index < -0.39 is 46.8 Å². The Bertz CT molecular complexity index is 1180. The highest BCUT2D eigenvalue weighted by atomic mass is 35.5. The molecule has 5 nitrogen and oxygen atoms in total. The van der Waals surface area contributed by atoms with Gasteiger partial charge in [-0.05, 0) is 47.5 Å². The second-order valence-corrected chi connectivity index (χ2v) is 7.61. The molecule has 33 heavy (non-hydrogen) atoms. The van der Waals surface area contributed by atoms with Crippen LogP contribution in [0, 0.1) is 11.6 Å². The molecule has 3 aromatic carbocycles. The summed E-state index contributed by atoms with van der Waals surface area (Å²) in [5.74, 6) is -4.10. The fraction of sp³-hybridized carbons (Fsp3) is 0.136. The van der Waals surface area contributed by atoms with Gasteiger partial charge in [0.2, 0.25) is 0 Å². The number of aliphatic carboxylic acids is 1. The standard InChI is InChI=1S/C22H15Cl2F4NO4/c23-15-6-11(29-9-19(31)32)7-16(24)13(15)5-10-1-4-18(30)20(21(10)26)14-8-12(33-22(27)28)2-3-17(14)25/h1-4,6-8,22,29-30H,5,9H2,(H,31,32). The summed E-state index contributed by atoms with van der Waals surface area (Å²) >= 11 is 12.5. The van der Waals surface area contributed by atoms with Crippen molar-refractivity contribution in [1.29, 1.82) is 0 Å². The zero-order valence-electron chi connectivity index (χ0n) is 16.5. The first-order valence-electron chi connectivity index (χ1n) is 9.25. The summed E-state index contributed by atoms with van der Waals surface area (Å²) in [5.41, 5.74) is -0.407. The maximum absolute atomic E-state index is 15.4. The molecule has 0 aliphatic heterocycles. The second-order valence-electron chi connectivity index (χ2n) is 6.80. The van der Waals surface area contributed by atoms with Gasteiger partial charge in [-0.3, -0.25) is 4.79 Å². The first-order chi connectivity index (χ1) is 15.6. The van der Waals surface area contributed by atoms with Gasteiger partial charge in [-0.15, -0.1) is 0 Å². The summed E-state index contributed by atoms with van der Waals surface area (Å²) in [6, 6.07) is 7.81. The number of nitrogens with one attached hydrogen (secondary N) is 1. The van der Waals surface area contributed by atoms with E-state index >= 15 is 4.39 Å². The van der Waals surface area contributed by atoms with Crippen LogP contribution >= 0.6 is 23.2 Å². The van der Waals surface area contributed by atoms with Crippen LogP contribution in [0.3, 0.4) is 0 Å². The zero-order chi connectivity index (χ0) is 24.3. The normalized spacial score (nSPS) is 11.0. The number of phenols is 1.